The number of nitrogens with one attached hydrogen (secondary N) is 1. The van der Waals surface area contributed by atoms with Crippen LogP contribution in [0.2, 0.25) is 0 Å². The van der Waals surface area contributed by atoms with Crippen LogP contribution in [-0.4, -0.2) is 25.7 Å². The number of esters is 1. The first-order valence-corrected chi connectivity index (χ1v) is 12.7. The summed E-state index contributed by atoms with van der Waals surface area (Å²) < 4.78 is 11.4. The Hall–Kier alpha value is -3.63. The van der Waals surface area contributed by atoms with E-state index in [-0.39, 0.29) is 24.0 Å². The van der Waals surface area contributed by atoms with Crippen LogP contribution >= 0.6 is 0 Å². The number of carbonyl (C=O) groups excluding carboxylic acids is 1. The summed E-state index contributed by atoms with van der Waals surface area (Å²) in [7, 11) is 1.43. The van der Waals surface area contributed by atoms with Gasteiger partial charge in [0.25, 0.3) is 0 Å². The molecule has 4 heteroatoms. The minimum absolute atomic E-state index is 0.0833. The number of aryl methyl sites for hydroxylation is 1. The molecule has 0 spiro atoms. The fourth-order valence-electron chi connectivity index (χ4n) is 5.37. The smallest absolute Gasteiger partial charge is 0.338 e. The predicted octanol–water partition coefficient (Wildman–Crippen LogP) is 6.96. The van der Waals surface area contributed by atoms with Crippen molar-refractivity contribution in [2.45, 2.75) is 44.8 Å². The Bertz CT molecular complexity index is 1370. The van der Waals surface area contributed by atoms with Crippen molar-refractivity contribution in [1.29, 1.82) is 0 Å². The van der Waals surface area contributed by atoms with Gasteiger partial charge in [-0.3, -0.25) is 0 Å². The summed E-state index contributed by atoms with van der Waals surface area (Å²) in [5.41, 5.74) is 5.16. The Balaban J connectivity index is 1.32. The van der Waals surface area contributed by atoms with Crippen molar-refractivity contribution in [3.63, 3.8) is 0 Å². The maximum Gasteiger partial charge on any atom is 0.338 e. The first kappa shape index (κ1) is 24.1. The van der Waals surface area contributed by atoms with Gasteiger partial charge in [-0.2, -0.15) is 0 Å². The molecule has 0 aromatic heterocycles. The van der Waals surface area contributed by atoms with E-state index in [9.17, 15) is 4.79 Å². The summed E-state index contributed by atoms with van der Waals surface area (Å²) in [4.78, 5) is 12.3. The highest BCUT2D eigenvalue weighted by molar-refractivity contribution is 5.91. The summed E-state index contributed by atoms with van der Waals surface area (Å²) in [5, 5.41) is 6.28. The topological polar surface area (TPSA) is 47.6 Å². The summed E-state index contributed by atoms with van der Waals surface area (Å²) in [6.45, 7) is 5.02. The van der Waals surface area contributed by atoms with E-state index in [0.29, 0.717) is 5.56 Å². The number of methoxy groups -OCH3 is 1. The van der Waals surface area contributed by atoms with Crippen LogP contribution in [0.5, 0.6) is 5.75 Å². The Labute approximate surface area is 213 Å². The molecule has 0 amide bonds. The highest BCUT2D eigenvalue weighted by atomic mass is 16.5. The van der Waals surface area contributed by atoms with Crippen molar-refractivity contribution in [2.24, 2.45) is 0 Å². The summed E-state index contributed by atoms with van der Waals surface area (Å²) >= 11 is 0. The standard InChI is InChI=1S/C32H33NO3/c1-21-15-16-24(19-29(21)32(34)35-3)30-20-25(36-31-14-7-6-12-28(30)31)17-18-33-22(2)26-13-8-10-23-9-4-5-11-27(23)26/h4-16,19,22,25,30,33H,17-18,20H2,1-3H3. The molecule has 0 aliphatic carbocycles. The average molecular weight is 480 g/mol. The first-order valence-electron chi connectivity index (χ1n) is 12.7. The lowest BCUT2D eigenvalue weighted by molar-refractivity contribution is 0.0599. The third-order valence-corrected chi connectivity index (χ3v) is 7.36. The van der Waals surface area contributed by atoms with E-state index in [1.165, 1.54) is 29.0 Å². The van der Waals surface area contributed by atoms with Crippen LogP contribution in [0, 0.1) is 6.92 Å². The van der Waals surface area contributed by atoms with Gasteiger partial charge in [0.15, 0.2) is 0 Å². The Morgan fingerprint density at radius 1 is 1.03 bits per heavy atom. The van der Waals surface area contributed by atoms with Crippen LogP contribution < -0.4 is 10.1 Å². The van der Waals surface area contributed by atoms with Crippen molar-refractivity contribution >= 4 is 16.7 Å². The maximum absolute atomic E-state index is 12.3. The molecule has 3 atom stereocenters. The second-order valence-corrected chi connectivity index (χ2v) is 9.66. The zero-order valence-electron chi connectivity index (χ0n) is 21.2. The third kappa shape index (κ3) is 4.87. The first-order chi connectivity index (χ1) is 17.5. The van der Waals surface area contributed by atoms with Crippen molar-refractivity contribution in [3.05, 3.63) is 113 Å². The minimum Gasteiger partial charge on any atom is -0.490 e. The molecule has 0 saturated carbocycles. The van der Waals surface area contributed by atoms with Crippen molar-refractivity contribution in [2.75, 3.05) is 13.7 Å². The van der Waals surface area contributed by atoms with Gasteiger partial charge >= 0.3 is 5.97 Å². The molecule has 1 aliphatic rings. The second kappa shape index (κ2) is 10.5. The second-order valence-electron chi connectivity index (χ2n) is 9.66. The number of benzene rings is 4. The van der Waals surface area contributed by atoms with Gasteiger partial charge in [0.05, 0.1) is 12.7 Å². The quantitative estimate of drug-likeness (QED) is 0.291. The van der Waals surface area contributed by atoms with Gasteiger partial charge in [0.1, 0.15) is 11.9 Å². The predicted molar refractivity (Wildman–Crippen MR) is 145 cm³/mol. The van der Waals surface area contributed by atoms with Gasteiger partial charge in [-0.25, -0.2) is 4.79 Å². The van der Waals surface area contributed by atoms with Crippen LogP contribution in [0.25, 0.3) is 10.8 Å². The van der Waals surface area contributed by atoms with Crippen molar-refractivity contribution in [3.8, 4) is 5.75 Å². The molecule has 4 aromatic rings. The minimum atomic E-state index is -0.294. The number of hydrogen-bond donors (Lipinski definition) is 1. The molecule has 0 fully saturated rings. The number of fused-ring (bicyclic) bond motifs is 2. The van der Waals surface area contributed by atoms with E-state index in [4.69, 9.17) is 9.47 Å². The van der Waals surface area contributed by atoms with Crippen LogP contribution in [0.1, 0.15) is 64.3 Å². The van der Waals surface area contributed by atoms with Gasteiger partial charge in [-0.05, 0) is 72.8 Å². The summed E-state index contributed by atoms with van der Waals surface area (Å²) in [6, 6.07) is 29.7. The monoisotopic (exact) mass is 479 g/mol. The molecule has 184 valence electrons. The molecule has 36 heavy (non-hydrogen) atoms. The highest BCUT2D eigenvalue weighted by Gasteiger charge is 2.30. The summed E-state index contributed by atoms with van der Waals surface area (Å²) in [6.07, 6.45) is 1.85. The molecule has 4 nitrogen and oxygen atoms in total. The molecule has 0 bridgehead atoms. The molecule has 5 rings (SSSR count). The molecule has 0 saturated heterocycles. The number of ether oxygens (including phenoxy) is 2. The van der Waals surface area contributed by atoms with Crippen LogP contribution in [0.4, 0.5) is 0 Å². The van der Waals surface area contributed by atoms with Gasteiger partial charge in [0, 0.05) is 17.5 Å². The van der Waals surface area contributed by atoms with Crippen molar-refractivity contribution in [1.82, 2.24) is 5.32 Å². The highest BCUT2D eigenvalue weighted by Crippen LogP contribution is 2.41. The lowest BCUT2D eigenvalue weighted by Crippen LogP contribution is -2.31. The molecular formula is C32H33NO3. The molecule has 3 unspecified atom stereocenters. The van der Waals surface area contributed by atoms with Crippen LogP contribution in [0.15, 0.2) is 84.9 Å². The van der Waals surface area contributed by atoms with E-state index in [1.54, 1.807) is 0 Å². The average Bonchev–Trinajstić information content (AvgIpc) is 2.92. The summed E-state index contributed by atoms with van der Waals surface area (Å²) in [5.74, 6) is 0.804. The van der Waals surface area contributed by atoms with Crippen molar-refractivity contribution < 1.29 is 14.3 Å². The lowest BCUT2D eigenvalue weighted by Gasteiger charge is -2.33. The lowest BCUT2D eigenvalue weighted by atomic mass is 9.82. The molecule has 1 heterocycles. The SMILES string of the molecule is COC(=O)c1cc(C2CC(CCNC(C)c3cccc4ccccc34)Oc3ccccc32)ccc1C. The molecule has 1 N–H and O–H groups in total. The normalized spacial score (nSPS) is 17.8. The maximum atomic E-state index is 12.3. The van der Waals surface area contributed by atoms with E-state index < -0.39 is 0 Å². The molecule has 4 aromatic carbocycles. The Kier molecular flexibility index (Phi) is 7.06. The Morgan fingerprint density at radius 3 is 2.67 bits per heavy atom. The van der Waals surface area contributed by atoms with Gasteiger partial charge in [0.2, 0.25) is 0 Å². The number of hydrogen-bond acceptors (Lipinski definition) is 4. The van der Waals surface area contributed by atoms with Crippen LogP contribution in [-0.2, 0) is 4.74 Å². The Morgan fingerprint density at radius 2 is 1.81 bits per heavy atom. The van der Waals surface area contributed by atoms with E-state index in [0.717, 1.165) is 36.3 Å². The van der Waals surface area contributed by atoms with Gasteiger partial charge in [-0.1, -0.05) is 72.8 Å². The fraction of sp³-hybridized carbons (Fsp3) is 0.281. The molecule has 0 radical (unpaired) electrons. The van der Waals surface area contributed by atoms with Gasteiger partial charge in [-0.15, -0.1) is 0 Å². The van der Waals surface area contributed by atoms with Crippen LogP contribution in [0.3, 0.4) is 0 Å². The number of carbonyl (C=O) groups is 1. The fourth-order valence-corrected chi connectivity index (χ4v) is 5.37. The van der Waals surface area contributed by atoms with E-state index in [1.807, 2.05) is 25.1 Å². The molecular weight excluding hydrogens is 446 g/mol. The van der Waals surface area contributed by atoms with E-state index in [2.05, 4.69) is 79.0 Å². The number of para-hydroxylation sites is 1. The zero-order chi connectivity index (χ0) is 25.1. The third-order valence-electron chi connectivity index (χ3n) is 7.36. The largest absolute Gasteiger partial charge is 0.490 e. The zero-order valence-corrected chi connectivity index (χ0v) is 21.2. The number of rotatable bonds is 7. The van der Waals surface area contributed by atoms with E-state index >= 15 is 0 Å². The van der Waals surface area contributed by atoms with Gasteiger partial charge < -0.3 is 14.8 Å². The molecule has 1 aliphatic heterocycles.